The van der Waals surface area contributed by atoms with Crippen LogP contribution in [0.4, 0.5) is 0 Å². The Morgan fingerprint density at radius 1 is 1.32 bits per heavy atom. The standard InChI is InChI=1S/C13H25N3O2.ClH/c1-2-9-18-11-13(17)16-7-5-15(6-8-16)12-3-4-14-10-12;/h12,14H,2-11H2,1H3;1H. The average Bonchev–Trinajstić information content (AvgIpc) is 2.93. The minimum atomic E-state index is 0. The minimum absolute atomic E-state index is 0. The van der Waals surface area contributed by atoms with E-state index in [0.29, 0.717) is 12.6 Å². The number of nitrogens with one attached hydrogen (secondary N) is 1. The second-order valence-corrected chi connectivity index (χ2v) is 5.12. The van der Waals surface area contributed by atoms with Crippen molar-refractivity contribution in [1.82, 2.24) is 15.1 Å². The number of carbonyl (C=O) groups is 1. The number of hydrogen-bond donors (Lipinski definition) is 1. The van der Waals surface area contributed by atoms with E-state index in [0.717, 1.165) is 45.7 Å². The molecule has 2 aliphatic heterocycles. The third-order valence-corrected chi connectivity index (χ3v) is 3.79. The predicted molar refractivity (Wildman–Crippen MR) is 77.8 cm³/mol. The van der Waals surface area contributed by atoms with Gasteiger partial charge in [0, 0.05) is 45.4 Å². The Labute approximate surface area is 122 Å². The smallest absolute Gasteiger partial charge is 0.248 e. The summed E-state index contributed by atoms with van der Waals surface area (Å²) in [5.74, 6) is 0.146. The van der Waals surface area contributed by atoms with Crippen molar-refractivity contribution in [3.8, 4) is 0 Å². The first-order valence-corrected chi connectivity index (χ1v) is 7.11. The van der Waals surface area contributed by atoms with Crippen molar-refractivity contribution < 1.29 is 9.53 Å². The molecule has 2 fully saturated rings. The second kappa shape index (κ2) is 8.74. The topological polar surface area (TPSA) is 44.8 Å². The van der Waals surface area contributed by atoms with Crippen LogP contribution >= 0.6 is 12.4 Å². The van der Waals surface area contributed by atoms with Gasteiger partial charge in [0.1, 0.15) is 6.61 Å². The molecule has 19 heavy (non-hydrogen) atoms. The largest absolute Gasteiger partial charge is 0.372 e. The first kappa shape index (κ1) is 16.7. The first-order valence-electron chi connectivity index (χ1n) is 7.11. The van der Waals surface area contributed by atoms with Crippen LogP contribution in [0.3, 0.4) is 0 Å². The molecule has 0 saturated carbocycles. The molecule has 1 unspecified atom stereocenters. The molecule has 0 aliphatic carbocycles. The SMILES string of the molecule is CCCOCC(=O)N1CCN(C2CCNC2)CC1.Cl. The molecule has 112 valence electrons. The number of halogens is 1. The molecular formula is C13H26ClN3O2. The monoisotopic (exact) mass is 291 g/mol. The summed E-state index contributed by atoms with van der Waals surface area (Å²) in [4.78, 5) is 16.3. The van der Waals surface area contributed by atoms with Crippen molar-refractivity contribution in [2.75, 3.05) is 52.5 Å². The molecule has 1 amide bonds. The first-order chi connectivity index (χ1) is 8.81. The lowest BCUT2D eigenvalue weighted by Gasteiger charge is -2.37. The van der Waals surface area contributed by atoms with Gasteiger partial charge in [-0.1, -0.05) is 6.92 Å². The van der Waals surface area contributed by atoms with Gasteiger partial charge in [0.15, 0.2) is 0 Å². The average molecular weight is 292 g/mol. The number of nitrogens with zero attached hydrogens (tertiary/aromatic N) is 2. The van der Waals surface area contributed by atoms with E-state index in [-0.39, 0.29) is 24.9 Å². The van der Waals surface area contributed by atoms with Crippen LogP contribution in [0.25, 0.3) is 0 Å². The third-order valence-electron chi connectivity index (χ3n) is 3.79. The maximum atomic E-state index is 11.9. The van der Waals surface area contributed by atoms with E-state index in [1.54, 1.807) is 0 Å². The summed E-state index contributed by atoms with van der Waals surface area (Å²) < 4.78 is 5.31. The van der Waals surface area contributed by atoms with Gasteiger partial charge < -0.3 is 15.0 Å². The van der Waals surface area contributed by atoms with Gasteiger partial charge in [-0.2, -0.15) is 0 Å². The molecule has 1 N–H and O–H groups in total. The zero-order valence-corrected chi connectivity index (χ0v) is 12.6. The van der Waals surface area contributed by atoms with Crippen molar-refractivity contribution >= 4 is 18.3 Å². The van der Waals surface area contributed by atoms with E-state index >= 15 is 0 Å². The summed E-state index contributed by atoms with van der Waals surface area (Å²) in [5, 5.41) is 3.40. The molecule has 1 atom stereocenters. The van der Waals surface area contributed by atoms with Gasteiger partial charge >= 0.3 is 0 Å². The van der Waals surface area contributed by atoms with E-state index in [2.05, 4.69) is 17.1 Å². The molecule has 0 spiro atoms. The Balaban J connectivity index is 0.00000180. The lowest BCUT2D eigenvalue weighted by molar-refractivity contribution is -0.138. The molecule has 2 rings (SSSR count). The lowest BCUT2D eigenvalue weighted by atomic mass is 10.2. The predicted octanol–water partition coefficient (Wildman–Crippen LogP) is 0.341. The summed E-state index contributed by atoms with van der Waals surface area (Å²) >= 11 is 0. The molecule has 2 heterocycles. The molecule has 0 bridgehead atoms. The molecule has 2 aliphatic rings. The summed E-state index contributed by atoms with van der Waals surface area (Å²) in [6.45, 7) is 8.94. The number of hydrogen-bond acceptors (Lipinski definition) is 4. The highest BCUT2D eigenvalue weighted by molar-refractivity contribution is 5.85. The fraction of sp³-hybridized carbons (Fsp3) is 0.923. The van der Waals surface area contributed by atoms with Crippen molar-refractivity contribution in [1.29, 1.82) is 0 Å². The highest BCUT2D eigenvalue weighted by Crippen LogP contribution is 2.12. The number of piperazine rings is 1. The van der Waals surface area contributed by atoms with Gasteiger partial charge in [0.25, 0.3) is 0 Å². The normalized spacial score (nSPS) is 24.3. The molecule has 5 nitrogen and oxygen atoms in total. The van der Waals surface area contributed by atoms with Crippen LogP contribution in [0.1, 0.15) is 19.8 Å². The van der Waals surface area contributed by atoms with Crippen molar-refractivity contribution in [2.45, 2.75) is 25.8 Å². The van der Waals surface area contributed by atoms with Gasteiger partial charge in [-0.05, 0) is 19.4 Å². The van der Waals surface area contributed by atoms with E-state index in [1.165, 1.54) is 6.42 Å². The molecular weight excluding hydrogens is 266 g/mol. The Kier molecular flexibility index (Phi) is 7.68. The summed E-state index contributed by atoms with van der Waals surface area (Å²) in [7, 11) is 0. The van der Waals surface area contributed by atoms with E-state index in [4.69, 9.17) is 4.74 Å². The summed E-state index contributed by atoms with van der Waals surface area (Å²) in [6.07, 6.45) is 2.21. The lowest BCUT2D eigenvalue weighted by Crippen LogP contribution is -2.53. The number of carbonyl (C=O) groups excluding carboxylic acids is 1. The van der Waals surface area contributed by atoms with Crippen LogP contribution in [-0.4, -0.2) is 74.2 Å². The van der Waals surface area contributed by atoms with E-state index < -0.39 is 0 Å². The Morgan fingerprint density at radius 2 is 2.05 bits per heavy atom. The van der Waals surface area contributed by atoms with Gasteiger partial charge in [-0.25, -0.2) is 0 Å². The zero-order chi connectivity index (χ0) is 12.8. The third kappa shape index (κ3) is 4.91. The minimum Gasteiger partial charge on any atom is -0.372 e. The maximum absolute atomic E-state index is 11.9. The zero-order valence-electron chi connectivity index (χ0n) is 11.8. The maximum Gasteiger partial charge on any atom is 0.248 e. The van der Waals surface area contributed by atoms with Crippen LogP contribution in [0.5, 0.6) is 0 Å². The van der Waals surface area contributed by atoms with Crippen molar-refractivity contribution in [3.63, 3.8) is 0 Å². The van der Waals surface area contributed by atoms with E-state index in [1.807, 2.05) is 4.90 Å². The Morgan fingerprint density at radius 3 is 2.63 bits per heavy atom. The molecule has 2 saturated heterocycles. The van der Waals surface area contributed by atoms with Crippen molar-refractivity contribution in [3.05, 3.63) is 0 Å². The van der Waals surface area contributed by atoms with Gasteiger partial charge in [0.05, 0.1) is 0 Å². The fourth-order valence-corrected chi connectivity index (χ4v) is 2.68. The molecule has 0 radical (unpaired) electrons. The fourth-order valence-electron chi connectivity index (χ4n) is 2.68. The Bertz CT molecular complexity index is 265. The molecule has 6 heteroatoms. The summed E-state index contributed by atoms with van der Waals surface area (Å²) in [5.41, 5.74) is 0. The quantitative estimate of drug-likeness (QED) is 0.742. The van der Waals surface area contributed by atoms with Crippen LogP contribution in [0.2, 0.25) is 0 Å². The van der Waals surface area contributed by atoms with E-state index in [9.17, 15) is 4.79 Å². The van der Waals surface area contributed by atoms with Crippen molar-refractivity contribution in [2.24, 2.45) is 0 Å². The highest BCUT2D eigenvalue weighted by Gasteiger charge is 2.27. The summed E-state index contributed by atoms with van der Waals surface area (Å²) in [6, 6.07) is 0.679. The molecule has 0 aromatic rings. The number of amides is 1. The highest BCUT2D eigenvalue weighted by atomic mass is 35.5. The van der Waals surface area contributed by atoms with Crippen LogP contribution in [0.15, 0.2) is 0 Å². The number of rotatable bonds is 5. The van der Waals surface area contributed by atoms with Crippen LogP contribution < -0.4 is 5.32 Å². The molecule has 0 aromatic carbocycles. The van der Waals surface area contributed by atoms with Crippen LogP contribution in [0, 0.1) is 0 Å². The molecule has 0 aromatic heterocycles. The van der Waals surface area contributed by atoms with Gasteiger partial charge in [0.2, 0.25) is 5.91 Å². The van der Waals surface area contributed by atoms with Crippen LogP contribution in [-0.2, 0) is 9.53 Å². The second-order valence-electron chi connectivity index (χ2n) is 5.12. The number of ether oxygens (including phenoxy) is 1. The van der Waals surface area contributed by atoms with Gasteiger partial charge in [-0.3, -0.25) is 9.69 Å². The van der Waals surface area contributed by atoms with Gasteiger partial charge in [-0.15, -0.1) is 12.4 Å². The Hall–Kier alpha value is -0.360.